The van der Waals surface area contributed by atoms with Crippen LogP contribution in [0.4, 0.5) is 0 Å². The number of halogens is 1. The van der Waals surface area contributed by atoms with Gasteiger partial charge in [0.15, 0.2) is 0 Å². The van der Waals surface area contributed by atoms with E-state index in [4.69, 9.17) is 0 Å². The highest BCUT2D eigenvalue weighted by atomic mass is 79.9. The summed E-state index contributed by atoms with van der Waals surface area (Å²) in [4.78, 5) is 23.0. The van der Waals surface area contributed by atoms with Crippen molar-refractivity contribution in [1.29, 1.82) is 0 Å². The number of rotatable bonds is 4. The largest absolute Gasteiger partial charge is 0.340 e. The fraction of sp³-hybridized carbons (Fsp3) is 0.640. The zero-order valence-corrected chi connectivity index (χ0v) is 20.4. The quantitative estimate of drug-likeness (QED) is 0.640. The summed E-state index contributed by atoms with van der Waals surface area (Å²) in [6.07, 6.45) is 8.55. The van der Waals surface area contributed by atoms with Gasteiger partial charge in [0.05, 0.1) is 11.0 Å². The molecule has 1 aliphatic heterocycles. The highest BCUT2D eigenvalue weighted by Gasteiger charge is 2.62. The number of hydrogen-bond acceptors (Lipinski definition) is 4. The van der Waals surface area contributed by atoms with Gasteiger partial charge in [-0.3, -0.25) is 9.69 Å². The topological polar surface area (TPSA) is 54.3 Å². The number of nitrogens with zero attached hydrogens (tertiary/aromatic N) is 5. The van der Waals surface area contributed by atoms with Crippen LogP contribution < -0.4 is 0 Å². The van der Waals surface area contributed by atoms with Crippen LogP contribution in [-0.4, -0.2) is 56.7 Å². The Labute approximate surface area is 198 Å². The summed E-state index contributed by atoms with van der Waals surface area (Å²) in [5.41, 5.74) is 2.45. The molecule has 7 rings (SSSR count). The molecule has 5 fully saturated rings. The molecule has 170 valence electrons. The van der Waals surface area contributed by atoms with Gasteiger partial charge in [0.25, 0.3) is 0 Å². The summed E-state index contributed by atoms with van der Waals surface area (Å²) in [5, 5.41) is 4.65. The van der Waals surface area contributed by atoms with E-state index in [0.717, 1.165) is 64.8 Å². The van der Waals surface area contributed by atoms with Crippen molar-refractivity contribution in [3.63, 3.8) is 0 Å². The van der Waals surface area contributed by atoms with Gasteiger partial charge in [-0.05, 0) is 78.8 Å². The van der Waals surface area contributed by atoms with E-state index in [1.54, 1.807) is 0 Å². The van der Waals surface area contributed by atoms with E-state index in [2.05, 4.69) is 71.7 Å². The van der Waals surface area contributed by atoms with Gasteiger partial charge < -0.3 is 4.90 Å². The molecular formula is C25H32BrN5O. The van der Waals surface area contributed by atoms with Crippen LogP contribution in [0.2, 0.25) is 0 Å². The molecule has 1 aromatic heterocycles. The Morgan fingerprint density at radius 3 is 2.38 bits per heavy atom. The molecule has 0 spiro atoms. The van der Waals surface area contributed by atoms with Gasteiger partial charge in [0.2, 0.25) is 10.6 Å². The summed E-state index contributed by atoms with van der Waals surface area (Å²) in [5.74, 6) is 1.71. The zero-order chi connectivity index (χ0) is 21.9. The predicted octanol–water partition coefficient (Wildman–Crippen LogP) is 3.99. The molecule has 0 radical (unpaired) electrons. The molecule has 2 aromatic rings. The maximum atomic E-state index is 14.0. The highest BCUT2D eigenvalue weighted by molar-refractivity contribution is 9.10. The van der Waals surface area contributed by atoms with Crippen LogP contribution in [0.1, 0.15) is 49.7 Å². The lowest BCUT2D eigenvalue weighted by molar-refractivity contribution is -0.168. The average Bonchev–Trinajstić information content (AvgIpc) is 3.22. The Hall–Kier alpha value is -1.73. The van der Waals surface area contributed by atoms with Gasteiger partial charge in [-0.15, -0.1) is 5.10 Å². The molecule has 6 nitrogen and oxygen atoms in total. The second-order valence-corrected chi connectivity index (χ2v) is 11.7. The first kappa shape index (κ1) is 20.8. The van der Waals surface area contributed by atoms with Crippen molar-refractivity contribution in [2.24, 2.45) is 17.3 Å². The van der Waals surface area contributed by atoms with Crippen LogP contribution in [0.15, 0.2) is 35.3 Å². The molecule has 7 heteroatoms. The Kier molecular flexibility index (Phi) is 4.99. The van der Waals surface area contributed by atoms with Crippen LogP contribution in [0, 0.1) is 24.2 Å². The fourth-order valence-corrected chi connectivity index (χ4v) is 7.86. The summed E-state index contributed by atoms with van der Waals surface area (Å²) in [7, 11) is 0. The highest BCUT2D eigenvalue weighted by Crippen LogP contribution is 2.64. The number of amides is 1. The van der Waals surface area contributed by atoms with E-state index in [0.29, 0.717) is 22.5 Å². The van der Waals surface area contributed by atoms with Gasteiger partial charge in [-0.2, -0.15) is 0 Å². The molecule has 2 unspecified atom stereocenters. The van der Waals surface area contributed by atoms with Crippen molar-refractivity contribution in [2.75, 3.05) is 26.2 Å². The maximum Gasteiger partial charge on any atom is 0.228 e. The molecular weight excluding hydrogens is 466 g/mol. The van der Waals surface area contributed by atoms with Crippen molar-refractivity contribution >= 4 is 21.8 Å². The van der Waals surface area contributed by atoms with E-state index < -0.39 is 0 Å². The summed E-state index contributed by atoms with van der Waals surface area (Å²) < 4.78 is 2.74. The number of hydrogen-bond donors (Lipinski definition) is 0. The molecule has 1 amide bonds. The molecule has 4 saturated carbocycles. The number of benzene rings is 1. The van der Waals surface area contributed by atoms with E-state index in [-0.39, 0.29) is 11.0 Å². The maximum absolute atomic E-state index is 14.0. The van der Waals surface area contributed by atoms with Gasteiger partial charge >= 0.3 is 0 Å². The van der Waals surface area contributed by atoms with Crippen molar-refractivity contribution in [3.8, 4) is 0 Å². The standard InChI is InChI=1S/C25H32BrN5O/c1-18-2-4-19(5-3-18)15-29-6-8-30(9-7-29)22(32)24-11-20-10-21(12-24)14-25(13-20,16-24)31-17-27-23(26)28-31/h2-5,17,20-21H,6-16H2,1H3/t20-,21+,24?,25?. The lowest BCUT2D eigenvalue weighted by Gasteiger charge is -2.61. The van der Waals surface area contributed by atoms with Crippen molar-refractivity contribution < 1.29 is 4.79 Å². The van der Waals surface area contributed by atoms with Crippen LogP contribution >= 0.6 is 15.9 Å². The molecule has 4 aliphatic carbocycles. The molecule has 0 N–H and O–H groups in total. The first-order valence-electron chi connectivity index (χ1n) is 12.1. The summed E-state index contributed by atoms with van der Waals surface area (Å²) in [6, 6.07) is 8.83. The van der Waals surface area contributed by atoms with Crippen LogP contribution in [0.3, 0.4) is 0 Å². The Morgan fingerprint density at radius 2 is 1.75 bits per heavy atom. The smallest absolute Gasteiger partial charge is 0.228 e. The predicted molar refractivity (Wildman–Crippen MR) is 126 cm³/mol. The summed E-state index contributed by atoms with van der Waals surface area (Å²) in [6.45, 7) is 6.73. The lowest BCUT2D eigenvalue weighted by Crippen LogP contribution is -2.62. The number of aryl methyl sites for hydroxylation is 1. The molecule has 32 heavy (non-hydrogen) atoms. The minimum absolute atomic E-state index is 0.0218. The molecule has 5 aliphatic rings. The third-order valence-electron chi connectivity index (χ3n) is 8.62. The third-order valence-corrected chi connectivity index (χ3v) is 8.98. The SMILES string of the molecule is Cc1ccc(CN2CCN(C(=O)C34C[C@H]5C[C@@H](C3)CC(n3cnc(Br)n3)(C5)C4)CC2)cc1. The van der Waals surface area contributed by atoms with Crippen molar-refractivity contribution in [1.82, 2.24) is 24.6 Å². The second kappa shape index (κ2) is 7.66. The first-order chi connectivity index (χ1) is 15.4. The lowest BCUT2D eigenvalue weighted by atomic mass is 9.46. The molecule has 2 heterocycles. The normalized spacial score (nSPS) is 34.2. The minimum Gasteiger partial charge on any atom is -0.340 e. The molecule has 1 aromatic carbocycles. The van der Waals surface area contributed by atoms with Crippen LogP contribution in [-0.2, 0) is 16.9 Å². The van der Waals surface area contributed by atoms with Crippen molar-refractivity contribution in [2.45, 2.75) is 57.5 Å². The van der Waals surface area contributed by atoms with Crippen LogP contribution in [0.5, 0.6) is 0 Å². The van der Waals surface area contributed by atoms with Gasteiger partial charge in [-0.1, -0.05) is 29.8 Å². The average molecular weight is 498 g/mol. The van der Waals surface area contributed by atoms with E-state index in [9.17, 15) is 4.79 Å². The summed E-state index contributed by atoms with van der Waals surface area (Å²) >= 11 is 3.43. The van der Waals surface area contributed by atoms with Gasteiger partial charge in [-0.25, -0.2) is 9.67 Å². The zero-order valence-electron chi connectivity index (χ0n) is 18.8. The molecule has 4 atom stereocenters. The van der Waals surface area contributed by atoms with E-state index in [1.807, 2.05) is 6.33 Å². The second-order valence-electron chi connectivity index (χ2n) is 11.0. The van der Waals surface area contributed by atoms with Gasteiger partial charge in [0.1, 0.15) is 6.33 Å². The monoisotopic (exact) mass is 497 g/mol. The minimum atomic E-state index is -0.193. The first-order valence-corrected chi connectivity index (χ1v) is 12.9. The van der Waals surface area contributed by atoms with E-state index in [1.165, 1.54) is 17.5 Å². The fourth-order valence-electron chi connectivity index (χ4n) is 7.60. The van der Waals surface area contributed by atoms with Crippen LogP contribution in [0.25, 0.3) is 0 Å². The Balaban J connectivity index is 1.16. The number of piperazine rings is 1. The number of aromatic nitrogens is 3. The Bertz CT molecular complexity index is 996. The Morgan fingerprint density at radius 1 is 1.06 bits per heavy atom. The third kappa shape index (κ3) is 3.52. The molecule has 1 saturated heterocycles. The van der Waals surface area contributed by atoms with E-state index >= 15 is 0 Å². The molecule has 4 bridgehead atoms. The number of carbonyl (C=O) groups is 1. The number of carbonyl (C=O) groups excluding carboxylic acids is 1. The van der Waals surface area contributed by atoms with Crippen molar-refractivity contribution in [3.05, 3.63) is 46.5 Å². The van der Waals surface area contributed by atoms with Gasteiger partial charge in [0, 0.05) is 32.7 Å².